The average molecular weight is 128 g/mol. The fourth-order valence-electron chi connectivity index (χ4n) is 0.958. The van der Waals surface area contributed by atoms with Gasteiger partial charge in [0, 0.05) is 19.3 Å². The zero-order chi connectivity index (χ0) is 6.69. The summed E-state index contributed by atoms with van der Waals surface area (Å²) in [5.74, 6) is 0. The lowest BCUT2D eigenvalue weighted by Gasteiger charge is -2.17. The Morgan fingerprint density at radius 1 is 1.89 bits per heavy atom. The van der Waals surface area contributed by atoms with Gasteiger partial charge in [-0.15, -0.1) is 0 Å². The third-order valence-electron chi connectivity index (χ3n) is 1.55. The highest BCUT2D eigenvalue weighted by molar-refractivity contribution is 5.61. The molecule has 1 atom stereocenters. The molecule has 1 aliphatic heterocycles. The highest BCUT2D eigenvalue weighted by Crippen LogP contribution is 2.03. The largest absolute Gasteiger partial charge is 0.395 e. The number of β-amino-alcohol motifs (C(OH)–C–C–N with tert-alkyl or cyclic N) is 1. The van der Waals surface area contributed by atoms with Crippen molar-refractivity contribution in [3.8, 4) is 0 Å². The molecule has 3 nitrogen and oxygen atoms in total. The first-order valence-electron chi connectivity index (χ1n) is 3.21. The maximum absolute atomic E-state index is 8.55. The van der Waals surface area contributed by atoms with Crippen LogP contribution in [0.25, 0.3) is 0 Å². The number of nitrogens with zero attached hydrogens (tertiary/aromatic N) is 2. The highest BCUT2D eigenvalue weighted by Gasteiger charge is 2.13. The number of aliphatic imine (C=N–C) groups is 1. The standard InChI is InChI=1S/C6H12N2O/c1-6-7-2-3-8(6)4-5-9/h2,6,9H,3-5H2,1H3. The molecule has 0 spiro atoms. The summed E-state index contributed by atoms with van der Waals surface area (Å²) < 4.78 is 0. The predicted molar refractivity (Wildman–Crippen MR) is 36.6 cm³/mol. The number of hydrogen-bond acceptors (Lipinski definition) is 3. The molecule has 52 valence electrons. The first kappa shape index (κ1) is 6.71. The molecule has 3 heteroatoms. The maximum atomic E-state index is 8.55. The van der Waals surface area contributed by atoms with Crippen molar-refractivity contribution < 1.29 is 5.11 Å². The van der Waals surface area contributed by atoms with Gasteiger partial charge in [0.05, 0.1) is 12.8 Å². The molecule has 1 heterocycles. The van der Waals surface area contributed by atoms with Crippen LogP contribution in [0.5, 0.6) is 0 Å². The van der Waals surface area contributed by atoms with E-state index in [1.54, 1.807) is 0 Å². The van der Waals surface area contributed by atoms with Crippen molar-refractivity contribution >= 4 is 6.21 Å². The summed E-state index contributed by atoms with van der Waals surface area (Å²) in [6.45, 7) is 3.88. The zero-order valence-corrected chi connectivity index (χ0v) is 5.62. The lowest BCUT2D eigenvalue weighted by Crippen LogP contribution is -2.30. The van der Waals surface area contributed by atoms with Gasteiger partial charge in [0.2, 0.25) is 0 Å². The fraction of sp³-hybridized carbons (Fsp3) is 0.833. The van der Waals surface area contributed by atoms with Crippen molar-refractivity contribution in [1.82, 2.24) is 4.90 Å². The van der Waals surface area contributed by atoms with Gasteiger partial charge in [-0.3, -0.25) is 9.89 Å². The minimum absolute atomic E-state index is 0.230. The van der Waals surface area contributed by atoms with Gasteiger partial charge in [-0.1, -0.05) is 0 Å². The van der Waals surface area contributed by atoms with Gasteiger partial charge in [-0.25, -0.2) is 0 Å². The van der Waals surface area contributed by atoms with Crippen LogP contribution in [0.2, 0.25) is 0 Å². The van der Waals surface area contributed by atoms with E-state index in [0.29, 0.717) is 0 Å². The lowest BCUT2D eigenvalue weighted by atomic mass is 10.5. The molecule has 0 bridgehead atoms. The van der Waals surface area contributed by atoms with E-state index in [9.17, 15) is 0 Å². The molecule has 0 amide bonds. The third kappa shape index (κ3) is 1.50. The first-order valence-corrected chi connectivity index (χ1v) is 3.21. The van der Waals surface area contributed by atoms with Crippen molar-refractivity contribution in [3.63, 3.8) is 0 Å². The van der Waals surface area contributed by atoms with E-state index in [2.05, 4.69) is 9.89 Å². The van der Waals surface area contributed by atoms with Crippen LogP contribution >= 0.6 is 0 Å². The second-order valence-corrected chi connectivity index (χ2v) is 2.18. The van der Waals surface area contributed by atoms with E-state index in [-0.39, 0.29) is 12.8 Å². The summed E-state index contributed by atoms with van der Waals surface area (Å²) >= 11 is 0. The maximum Gasteiger partial charge on any atom is 0.0991 e. The Morgan fingerprint density at radius 2 is 2.67 bits per heavy atom. The fourth-order valence-corrected chi connectivity index (χ4v) is 0.958. The van der Waals surface area contributed by atoms with Crippen LogP contribution in [-0.4, -0.2) is 42.1 Å². The van der Waals surface area contributed by atoms with Crippen molar-refractivity contribution in [3.05, 3.63) is 0 Å². The number of aliphatic hydroxyl groups excluding tert-OH is 1. The topological polar surface area (TPSA) is 35.8 Å². The Balaban J connectivity index is 2.28. The Morgan fingerprint density at radius 3 is 3.11 bits per heavy atom. The van der Waals surface area contributed by atoms with Gasteiger partial charge in [-0.05, 0) is 6.92 Å². The smallest absolute Gasteiger partial charge is 0.0991 e. The minimum Gasteiger partial charge on any atom is -0.395 e. The number of aliphatic hydroxyl groups is 1. The van der Waals surface area contributed by atoms with Gasteiger partial charge < -0.3 is 5.11 Å². The molecule has 0 saturated heterocycles. The SMILES string of the molecule is CC1N=CCN1CCO. The van der Waals surface area contributed by atoms with Crippen molar-refractivity contribution in [1.29, 1.82) is 0 Å². The van der Waals surface area contributed by atoms with Gasteiger partial charge >= 0.3 is 0 Å². The molecule has 1 aliphatic rings. The minimum atomic E-state index is 0.230. The Hall–Kier alpha value is -0.410. The van der Waals surface area contributed by atoms with Crippen LogP contribution in [0.3, 0.4) is 0 Å². The van der Waals surface area contributed by atoms with E-state index in [1.165, 1.54) is 0 Å². The van der Waals surface area contributed by atoms with Crippen LogP contribution in [0, 0.1) is 0 Å². The van der Waals surface area contributed by atoms with Crippen LogP contribution in [0.1, 0.15) is 6.92 Å². The third-order valence-corrected chi connectivity index (χ3v) is 1.55. The summed E-state index contributed by atoms with van der Waals surface area (Å²) in [4.78, 5) is 6.24. The quantitative estimate of drug-likeness (QED) is 0.554. The average Bonchev–Trinajstić information content (AvgIpc) is 2.18. The molecule has 1 unspecified atom stereocenters. The predicted octanol–water partition coefficient (Wildman–Crippen LogP) is -0.289. The van der Waals surface area contributed by atoms with Crippen LogP contribution in [-0.2, 0) is 0 Å². The molecule has 9 heavy (non-hydrogen) atoms. The number of rotatable bonds is 2. The van der Waals surface area contributed by atoms with E-state index in [1.807, 2.05) is 13.1 Å². The second-order valence-electron chi connectivity index (χ2n) is 2.18. The van der Waals surface area contributed by atoms with Crippen molar-refractivity contribution in [2.24, 2.45) is 4.99 Å². The van der Waals surface area contributed by atoms with Crippen molar-refractivity contribution in [2.75, 3.05) is 19.7 Å². The Bertz CT molecular complexity index is 114. The Labute approximate surface area is 55.0 Å². The molecule has 0 aromatic rings. The summed E-state index contributed by atoms with van der Waals surface area (Å²) in [7, 11) is 0. The van der Waals surface area contributed by atoms with Gasteiger partial charge in [0.15, 0.2) is 0 Å². The summed E-state index contributed by atoms with van der Waals surface area (Å²) in [5.41, 5.74) is 0. The molecular weight excluding hydrogens is 116 g/mol. The van der Waals surface area contributed by atoms with Gasteiger partial charge in [-0.2, -0.15) is 0 Å². The van der Waals surface area contributed by atoms with Gasteiger partial charge in [0.1, 0.15) is 0 Å². The van der Waals surface area contributed by atoms with Crippen LogP contribution in [0.15, 0.2) is 4.99 Å². The van der Waals surface area contributed by atoms with E-state index >= 15 is 0 Å². The van der Waals surface area contributed by atoms with E-state index < -0.39 is 0 Å². The monoisotopic (exact) mass is 128 g/mol. The molecule has 0 saturated carbocycles. The molecule has 0 aromatic carbocycles. The molecular formula is C6H12N2O. The summed E-state index contributed by atoms with van der Waals surface area (Å²) in [6.07, 6.45) is 2.16. The second kappa shape index (κ2) is 2.94. The van der Waals surface area contributed by atoms with Crippen LogP contribution < -0.4 is 0 Å². The Kier molecular flexibility index (Phi) is 2.19. The van der Waals surface area contributed by atoms with E-state index in [4.69, 9.17) is 5.11 Å². The van der Waals surface area contributed by atoms with E-state index in [0.717, 1.165) is 13.1 Å². The van der Waals surface area contributed by atoms with Crippen LogP contribution in [0.4, 0.5) is 0 Å². The highest BCUT2D eigenvalue weighted by atomic mass is 16.3. The van der Waals surface area contributed by atoms with Crippen molar-refractivity contribution in [2.45, 2.75) is 13.1 Å². The summed E-state index contributed by atoms with van der Waals surface area (Å²) in [6, 6.07) is 0. The molecule has 0 fully saturated rings. The lowest BCUT2D eigenvalue weighted by molar-refractivity contribution is 0.191. The number of hydrogen-bond donors (Lipinski definition) is 1. The summed E-state index contributed by atoms with van der Waals surface area (Å²) in [5, 5.41) is 8.55. The first-order chi connectivity index (χ1) is 4.34. The zero-order valence-electron chi connectivity index (χ0n) is 5.62. The molecule has 0 radical (unpaired) electrons. The molecule has 1 rings (SSSR count). The molecule has 1 N–H and O–H groups in total. The van der Waals surface area contributed by atoms with Gasteiger partial charge in [0.25, 0.3) is 0 Å². The normalized spacial score (nSPS) is 27.6. The molecule has 0 aromatic heterocycles. The molecule has 0 aliphatic carbocycles.